The molecular formula is C16H23Cl2N3. The Morgan fingerprint density at radius 1 is 1.24 bits per heavy atom. The molecule has 0 bridgehead atoms. The summed E-state index contributed by atoms with van der Waals surface area (Å²) in [6.07, 6.45) is 1.94. The van der Waals surface area contributed by atoms with E-state index < -0.39 is 0 Å². The normalized spacial score (nSPS) is 11.7. The predicted molar refractivity (Wildman–Crippen MR) is 91.6 cm³/mol. The van der Waals surface area contributed by atoms with Crippen LogP contribution in [0.2, 0.25) is 5.02 Å². The predicted octanol–water partition coefficient (Wildman–Crippen LogP) is 4.20. The number of imidazole rings is 1. The van der Waals surface area contributed by atoms with Crippen molar-refractivity contribution >= 4 is 34.2 Å². The summed E-state index contributed by atoms with van der Waals surface area (Å²) in [5.74, 6) is 1.61. The number of hydrogen-bond acceptors (Lipinski definition) is 2. The molecule has 1 aromatic carbocycles. The molecule has 2 rings (SSSR count). The van der Waals surface area contributed by atoms with Gasteiger partial charge in [-0.1, -0.05) is 31.5 Å². The summed E-state index contributed by atoms with van der Waals surface area (Å²) >= 11 is 12.3. The van der Waals surface area contributed by atoms with Crippen molar-refractivity contribution in [3.05, 3.63) is 29.0 Å². The molecule has 1 aromatic heterocycles. The second-order valence-electron chi connectivity index (χ2n) is 5.16. The Morgan fingerprint density at radius 3 is 2.71 bits per heavy atom. The number of halogens is 2. The summed E-state index contributed by atoms with van der Waals surface area (Å²) in [5.41, 5.74) is 1.99. The van der Waals surface area contributed by atoms with Gasteiger partial charge in [-0.2, -0.15) is 0 Å². The standard InChI is InChI=1S/C16H23Cl2N3/c1-3-10-20(4-2)11-12-21-15(8-9-17)19-14-7-5-6-13(18)16(14)21/h5-7H,3-4,8-12H2,1-2H3. The molecule has 21 heavy (non-hydrogen) atoms. The van der Waals surface area contributed by atoms with Gasteiger partial charge in [0.15, 0.2) is 0 Å². The van der Waals surface area contributed by atoms with Crippen molar-refractivity contribution in [3.63, 3.8) is 0 Å². The minimum atomic E-state index is 0.577. The zero-order chi connectivity index (χ0) is 15.2. The number of benzene rings is 1. The van der Waals surface area contributed by atoms with Crippen molar-refractivity contribution in [2.75, 3.05) is 25.5 Å². The highest BCUT2D eigenvalue weighted by atomic mass is 35.5. The lowest BCUT2D eigenvalue weighted by Gasteiger charge is -2.20. The van der Waals surface area contributed by atoms with Crippen LogP contribution in [0.25, 0.3) is 11.0 Å². The van der Waals surface area contributed by atoms with Crippen LogP contribution < -0.4 is 0 Å². The number of nitrogens with zero attached hydrogens (tertiary/aromatic N) is 3. The highest BCUT2D eigenvalue weighted by Crippen LogP contribution is 2.25. The third-order valence-corrected chi connectivity index (χ3v) is 4.24. The third kappa shape index (κ3) is 3.91. The summed E-state index contributed by atoms with van der Waals surface area (Å²) in [7, 11) is 0. The second-order valence-corrected chi connectivity index (χ2v) is 5.95. The van der Waals surface area contributed by atoms with E-state index in [9.17, 15) is 0 Å². The Balaban J connectivity index is 2.29. The van der Waals surface area contributed by atoms with Gasteiger partial charge >= 0.3 is 0 Å². The van der Waals surface area contributed by atoms with E-state index in [1.165, 1.54) is 6.42 Å². The van der Waals surface area contributed by atoms with Gasteiger partial charge in [-0.15, -0.1) is 11.6 Å². The van der Waals surface area contributed by atoms with Crippen LogP contribution in [0.15, 0.2) is 18.2 Å². The van der Waals surface area contributed by atoms with Crippen LogP contribution in [0.5, 0.6) is 0 Å². The van der Waals surface area contributed by atoms with Crippen LogP contribution in [-0.2, 0) is 13.0 Å². The van der Waals surface area contributed by atoms with Crippen LogP contribution in [0.3, 0.4) is 0 Å². The van der Waals surface area contributed by atoms with Gasteiger partial charge in [-0.3, -0.25) is 0 Å². The lowest BCUT2D eigenvalue weighted by atomic mass is 10.3. The number of fused-ring (bicyclic) bond motifs is 1. The molecular weight excluding hydrogens is 305 g/mol. The van der Waals surface area contributed by atoms with E-state index in [-0.39, 0.29) is 0 Å². The molecule has 0 amide bonds. The molecule has 3 nitrogen and oxygen atoms in total. The average Bonchev–Trinajstić information content (AvgIpc) is 2.83. The number of aromatic nitrogens is 2. The lowest BCUT2D eigenvalue weighted by molar-refractivity contribution is 0.277. The van der Waals surface area contributed by atoms with Crippen LogP contribution >= 0.6 is 23.2 Å². The Kier molecular flexibility index (Phi) is 6.34. The van der Waals surface area contributed by atoms with E-state index in [4.69, 9.17) is 23.2 Å². The molecule has 0 aliphatic carbocycles. The lowest BCUT2D eigenvalue weighted by Crippen LogP contribution is -2.28. The van der Waals surface area contributed by atoms with E-state index in [0.717, 1.165) is 54.5 Å². The summed E-state index contributed by atoms with van der Waals surface area (Å²) in [4.78, 5) is 7.14. The number of alkyl halides is 1. The summed E-state index contributed by atoms with van der Waals surface area (Å²) < 4.78 is 2.23. The molecule has 0 radical (unpaired) electrons. The first-order chi connectivity index (χ1) is 10.2. The Bertz CT molecular complexity index is 580. The fraction of sp³-hybridized carbons (Fsp3) is 0.562. The molecule has 0 fully saturated rings. The SMILES string of the molecule is CCCN(CC)CCn1c(CCCl)nc2cccc(Cl)c21. The Hall–Kier alpha value is -0.770. The molecule has 0 aliphatic heterocycles. The minimum absolute atomic E-state index is 0.577. The monoisotopic (exact) mass is 327 g/mol. The van der Waals surface area contributed by atoms with E-state index in [1.807, 2.05) is 18.2 Å². The fourth-order valence-electron chi connectivity index (χ4n) is 2.69. The molecule has 0 atom stereocenters. The van der Waals surface area contributed by atoms with Crippen molar-refractivity contribution in [2.24, 2.45) is 0 Å². The van der Waals surface area contributed by atoms with Gasteiger partial charge in [0.05, 0.1) is 16.1 Å². The number of aryl methyl sites for hydroxylation is 1. The third-order valence-electron chi connectivity index (χ3n) is 3.74. The summed E-state index contributed by atoms with van der Waals surface area (Å²) in [6, 6.07) is 5.89. The van der Waals surface area contributed by atoms with Crippen LogP contribution in [0.4, 0.5) is 0 Å². The first-order valence-corrected chi connectivity index (χ1v) is 8.54. The fourth-order valence-corrected chi connectivity index (χ4v) is 3.13. The van der Waals surface area contributed by atoms with Crippen LogP contribution in [-0.4, -0.2) is 40.0 Å². The van der Waals surface area contributed by atoms with E-state index >= 15 is 0 Å². The topological polar surface area (TPSA) is 21.1 Å². The first kappa shape index (κ1) is 16.6. The zero-order valence-corrected chi connectivity index (χ0v) is 14.3. The van der Waals surface area contributed by atoms with E-state index in [1.54, 1.807) is 0 Å². The molecule has 0 spiro atoms. The molecule has 0 aliphatic rings. The summed E-state index contributed by atoms with van der Waals surface area (Å²) in [6.45, 7) is 8.52. The maximum absolute atomic E-state index is 6.38. The van der Waals surface area contributed by atoms with Crippen molar-refractivity contribution in [1.82, 2.24) is 14.5 Å². The van der Waals surface area contributed by atoms with Crippen LogP contribution in [0.1, 0.15) is 26.1 Å². The highest BCUT2D eigenvalue weighted by molar-refractivity contribution is 6.35. The molecule has 1 heterocycles. The first-order valence-electron chi connectivity index (χ1n) is 7.63. The largest absolute Gasteiger partial charge is 0.325 e. The smallest absolute Gasteiger partial charge is 0.111 e. The molecule has 0 saturated heterocycles. The van der Waals surface area contributed by atoms with E-state index in [0.29, 0.717) is 5.88 Å². The minimum Gasteiger partial charge on any atom is -0.325 e. The average molecular weight is 328 g/mol. The van der Waals surface area contributed by atoms with Crippen molar-refractivity contribution in [1.29, 1.82) is 0 Å². The molecule has 5 heteroatoms. The van der Waals surface area contributed by atoms with Crippen molar-refractivity contribution < 1.29 is 0 Å². The number of rotatable bonds is 8. The van der Waals surface area contributed by atoms with Gasteiger partial charge < -0.3 is 9.47 Å². The molecule has 0 N–H and O–H groups in total. The van der Waals surface area contributed by atoms with Gasteiger partial charge in [0.1, 0.15) is 5.82 Å². The van der Waals surface area contributed by atoms with Gasteiger partial charge in [0.2, 0.25) is 0 Å². The summed E-state index contributed by atoms with van der Waals surface area (Å²) in [5, 5.41) is 0.763. The van der Waals surface area contributed by atoms with Crippen LogP contribution in [0, 0.1) is 0 Å². The van der Waals surface area contributed by atoms with Gasteiger partial charge in [-0.05, 0) is 31.6 Å². The number of hydrogen-bond donors (Lipinski definition) is 0. The van der Waals surface area contributed by atoms with Gasteiger partial charge in [0.25, 0.3) is 0 Å². The van der Waals surface area contributed by atoms with Crippen molar-refractivity contribution in [3.8, 4) is 0 Å². The second kappa shape index (κ2) is 8.02. The van der Waals surface area contributed by atoms with Gasteiger partial charge in [-0.25, -0.2) is 4.98 Å². The Labute approximate surface area is 136 Å². The van der Waals surface area contributed by atoms with Gasteiger partial charge in [0, 0.05) is 25.4 Å². The molecule has 0 saturated carbocycles. The van der Waals surface area contributed by atoms with Crippen molar-refractivity contribution in [2.45, 2.75) is 33.2 Å². The number of para-hydroxylation sites is 1. The quantitative estimate of drug-likeness (QED) is 0.677. The van der Waals surface area contributed by atoms with E-state index in [2.05, 4.69) is 28.3 Å². The number of likely N-dealkylation sites (N-methyl/N-ethyl adjacent to an activating group) is 1. The molecule has 116 valence electrons. The maximum atomic E-state index is 6.38. The zero-order valence-electron chi connectivity index (χ0n) is 12.8. The maximum Gasteiger partial charge on any atom is 0.111 e. The molecule has 0 unspecified atom stereocenters. The molecule has 2 aromatic rings. The highest BCUT2D eigenvalue weighted by Gasteiger charge is 2.13. The Morgan fingerprint density at radius 2 is 2.05 bits per heavy atom.